The molecule has 2 amide bonds. The number of oxazole rings is 1. The molecule has 1 unspecified atom stereocenters. The second kappa shape index (κ2) is 7.39. The number of hydrogen-bond donors (Lipinski definition) is 1. The Hall–Kier alpha value is -3.67. The highest BCUT2D eigenvalue weighted by molar-refractivity contribution is 5.89. The molecule has 0 aliphatic carbocycles. The average molecular weight is 384 g/mol. The predicted octanol–water partition coefficient (Wildman–Crippen LogP) is 5.26. The molecule has 0 saturated carbocycles. The van der Waals surface area contributed by atoms with Crippen LogP contribution >= 0.6 is 0 Å². The standard InChI is InChI=1S/C23H20N4O2/c28-23(25-18-7-2-1-3-8-18)27-13-5-9-20(27)22-26-19-14-16(10-11-21(19)29-22)17-6-4-12-24-15-17/h1-4,6-8,10-12,14-15,20H,5,9,13H2,(H,25,28). The lowest BCUT2D eigenvalue weighted by Crippen LogP contribution is -2.34. The number of para-hydroxylation sites is 1. The van der Waals surface area contributed by atoms with Gasteiger partial charge in [-0.05, 0) is 48.7 Å². The zero-order chi connectivity index (χ0) is 19.6. The van der Waals surface area contributed by atoms with E-state index in [0.29, 0.717) is 12.4 Å². The molecule has 5 rings (SSSR count). The first-order valence-corrected chi connectivity index (χ1v) is 9.71. The first-order valence-electron chi connectivity index (χ1n) is 9.71. The third-order valence-electron chi connectivity index (χ3n) is 5.22. The number of carbonyl (C=O) groups excluding carboxylic acids is 1. The summed E-state index contributed by atoms with van der Waals surface area (Å²) >= 11 is 0. The fraction of sp³-hybridized carbons (Fsp3) is 0.174. The van der Waals surface area contributed by atoms with Gasteiger partial charge in [0.2, 0.25) is 5.89 Å². The molecule has 0 spiro atoms. The zero-order valence-corrected chi connectivity index (χ0v) is 15.8. The van der Waals surface area contributed by atoms with Crippen molar-refractivity contribution in [3.63, 3.8) is 0 Å². The first kappa shape index (κ1) is 17.4. The van der Waals surface area contributed by atoms with Crippen molar-refractivity contribution in [2.45, 2.75) is 18.9 Å². The Labute approximate surface area is 168 Å². The highest BCUT2D eigenvalue weighted by Crippen LogP contribution is 2.34. The third-order valence-corrected chi connectivity index (χ3v) is 5.22. The maximum atomic E-state index is 12.8. The Balaban J connectivity index is 1.41. The van der Waals surface area contributed by atoms with E-state index in [9.17, 15) is 4.79 Å². The molecule has 3 heterocycles. The predicted molar refractivity (Wildman–Crippen MR) is 111 cm³/mol. The Morgan fingerprint density at radius 2 is 1.97 bits per heavy atom. The van der Waals surface area contributed by atoms with E-state index in [1.807, 2.05) is 66.9 Å². The molecule has 6 nitrogen and oxygen atoms in total. The molecule has 0 bridgehead atoms. The van der Waals surface area contributed by atoms with Gasteiger partial charge in [0.25, 0.3) is 0 Å². The normalized spacial score (nSPS) is 16.3. The molecule has 1 fully saturated rings. The van der Waals surface area contributed by atoms with E-state index in [4.69, 9.17) is 9.40 Å². The number of benzene rings is 2. The van der Waals surface area contributed by atoms with Gasteiger partial charge in [0.15, 0.2) is 5.58 Å². The van der Waals surface area contributed by atoms with Crippen molar-refractivity contribution < 1.29 is 9.21 Å². The summed E-state index contributed by atoms with van der Waals surface area (Å²) in [6.07, 6.45) is 5.34. The van der Waals surface area contributed by atoms with Gasteiger partial charge in [-0.25, -0.2) is 9.78 Å². The highest BCUT2D eigenvalue weighted by atomic mass is 16.4. The summed E-state index contributed by atoms with van der Waals surface area (Å²) in [6, 6.07) is 19.1. The van der Waals surface area contributed by atoms with Gasteiger partial charge >= 0.3 is 6.03 Å². The molecule has 1 N–H and O–H groups in total. The summed E-state index contributed by atoms with van der Waals surface area (Å²) in [4.78, 5) is 23.5. The van der Waals surface area contributed by atoms with Crippen LogP contribution in [0, 0.1) is 0 Å². The summed E-state index contributed by atoms with van der Waals surface area (Å²) in [5.41, 5.74) is 4.36. The van der Waals surface area contributed by atoms with E-state index >= 15 is 0 Å². The summed E-state index contributed by atoms with van der Waals surface area (Å²) in [5, 5.41) is 2.96. The Kier molecular flexibility index (Phi) is 4.44. The van der Waals surface area contributed by atoms with E-state index in [1.165, 1.54) is 0 Å². The number of nitrogens with one attached hydrogen (secondary N) is 1. The Bertz CT molecular complexity index is 1140. The number of fused-ring (bicyclic) bond motifs is 1. The molecule has 1 saturated heterocycles. The summed E-state index contributed by atoms with van der Waals surface area (Å²) in [7, 11) is 0. The largest absolute Gasteiger partial charge is 0.438 e. The third kappa shape index (κ3) is 3.45. The number of carbonyl (C=O) groups is 1. The van der Waals surface area contributed by atoms with E-state index in [1.54, 1.807) is 11.1 Å². The fourth-order valence-electron chi connectivity index (χ4n) is 3.78. The zero-order valence-electron chi connectivity index (χ0n) is 15.8. The molecule has 6 heteroatoms. The average Bonchev–Trinajstić information content (AvgIpc) is 3.41. The minimum atomic E-state index is -0.159. The molecular formula is C23H20N4O2. The molecule has 144 valence electrons. The molecule has 1 atom stereocenters. The summed E-state index contributed by atoms with van der Waals surface area (Å²) < 4.78 is 6.03. The second-order valence-corrected chi connectivity index (χ2v) is 7.12. The molecule has 1 aliphatic heterocycles. The van der Waals surface area contributed by atoms with Gasteiger partial charge in [-0.2, -0.15) is 0 Å². The molecule has 2 aromatic carbocycles. The fourth-order valence-corrected chi connectivity index (χ4v) is 3.78. The number of hydrogen-bond acceptors (Lipinski definition) is 4. The Morgan fingerprint density at radius 3 is 2.79 bits per heavy atom. The van der Waals surface area contributed by atoms with Crippen LogP contribution in [-0.4, -0.2) is 27.4 Å². The number of likely N-dealkylation sites (tertiary alicyclic amines) is 1. The van der Waals surface area contributed by atoms with Crippen molar-refractivity contribution in [3.8, 4) is 11.1 Å². The smallest absolute Gasteiger partial charge is 0.322 e. The minimum Gasteiger partial charge on any atom is -0.438 e. The number of nitrogens with zero attached hydrogens (tertiary/aromatic N) is 3. The maximum absolute atomic E-state index is 12.8. The van der Waals surface area contributed by atoms with Crippen LogP contribution in [0.15, 0.2) is 77.5 Å². The van der Waals surface area contributed by atoms with Crippen LogP contribution < -0.4 is 5.32 Å². The number of urea groups is 1. The topological polar surface area (TPSA) is 71.3 Å². The highest BCUT2D eigenvalue weighted by Gasteiger charge is 2.33. The van der Waals surface area contributed by atoms with Gasteiger partial charge in [-0.1, -0.05) is 30.3 Å². The van der Waals surface area contributed by atoms with Crippen LogP contribution in [-0.2, 0) is 0 Å². The lowest BCUT2D eigenvalue weighted by atomic mass is 10.1. The quantitative estimate of drug-likeness (QED) is 0.523. The van der Waals surface area contributed by atoms with Crippen LogP contribution in [0.5, 0.6) is 0 Å². The first-order chi connectivity index (χ1) is 14.3. The van der Waals surface area contributed by atoms with Crippen LogP contribution in [0.3, 0.4) is 0 Å². The van der Waals surface area contributed by atoms with Crippen LogP contribution in [0.4, 0.5) is 10.5 Å². The molecule has 2 aromatic heterocycles. The van der Waals surface area contributed by atoms with E-state index in [0.717, 1.165) is 40.8 Å². The lowest BCUT2D eigenvalue weighted by Gasteiger charge is -2.22. The van der Waals surface area contributed by atoms with Gasteiger partial charge in [-0.3, -0.25) is 4.98 Å². The van der Waals surface area contributed by atoms with Gasteiger partial charge in [0.1, 0.15) is 11.6 Å². The van der Waals surface area contributed by atoms with Crippen molar-refractivity contribution in [1.29, 1.82) is 0 Å². The van der Waals surface area contributed by atoms with Crippen LogP contribution in [0.1, 0.15) is 24.8 Å². The number of pyridine rings is 1. The summed E-state index contributed by atoms with van der Waals surface area (Å²) in [6.45, 7) is 0.684. The number of anilines is 1. The van der Waals surface area contributed by atoms with Gasteiger partial charge in [-0.15, -0.1) is 0 Å². The van der Waals surface area contributed by atoms with Gasteiger partial charge in [0.05, 0.1) is 0 Å². The molecule has 4 aromatic rings. The van der Waals surface area contributed by atoms with Crippen molar-refractivity contribution >= 4 is 22.8 Å². The minimum absolute atomic E-state index is 0.128. The molecule has 0 radical (unpaired) electrons. The van der Waals surface area contributed by atoms with E-state index < -0.39 is 0 Å². The van der Waals surface area contributed by atoms with Gasteiger partial charge in [0, 0.05) is 30.2 Å². The molecule has 29 heavy (non-hydrogen) atoms. The van der Waals surface area contributed by atoms with Crippen molar-refractivity contribution in [2.75, 3.05) is 11.9 Å². The number of aromatic nitrogens is 2. The number of rotatable bonds is 3. The maximum Gasteiger partial charge on any atom is 0.322 e. The Morgan fingerprint density at radius 1 is 1.07 bits per heavy atom. The van der Waals surface area contributed by atoms with Crippen molar-refractivity contribution in [1.82, 2.24) is 14.9 Å². The van der Waals surface area contributed by atoms with E-state index in [-0.39, 0.29) is 12.1 Å². The molecule has 1 aliphatic rings. The molecular weight excluding hydrogens is 364 g/mol. The van der Waals surface area contributed by atoms with Crippen molar-refractivity contribution in [3.05, 3.63) is 78.9 Å². The lowest BCUT2D eigenvalue weighted by molar-refractivity contribution is 0.199. The van der Waals surface area contributed by atoms with E-state index in [2.05, 4.69) is 10.3 Å². The van der Waals surface area contributed by atoms with Crippen molar-refractivity contribution in [2.24, 2.45) is 0 Å². The van der Waals surface area contributed by atoms with Crippen LogP contribution in [0.2, 0.25) is 0 Å². The van der Waals surface area contributed by atoms with Crippen LogP contribution in [0.25, 0.3) is 22.2 Å². The summed E-state index contributed by atoms with van der Waals surface area (Å²) in [5.74, 6) is 0.587. The SMILES string of the molecule is O=C(Nc1ccccc1)N1CCCC1c1nc2cc(-c3cccnc3)ccc2o1. The monoisotopic (exact) mass is 384 g/mol. The second-order valence-electron chi connectivity index (χ2n) is 7.12. The number of amides is 2. The van der Waals surface area contributed by atoms with Gasteiger partial charge < -0.3 is 14.6 Å².